The third kappa shape index (κ3) is 15.8. The molecule has 0 heterocycles. The number of nitrogens with zero attached hydrogens (tertiary/aromatic N) is 1. The van der Waals surface area contributed by atoms with Crippen LogP contribution in [0.25, 0.3) is 0 Å². The van der Waals surface area contributed by atoms with Gasteiger partial charge in [0, 0.05) is 30.8 Å². The van der Waals surface area contributed by atoms with Crippen molar-refractivity contribution in [2.45, 2.75) is 0 Å². The topological polar surface area (TPSA) is 57.6 Å². The van der Waals surface area contributed by atoms with Crippen LogP contribution < -0.4 is 0 Å². The molecule has 0 aliphatic carbocycles. The third-order valence-electron chi connectivity index (χ3n) is 1.14. The van der Waals surface area contributed by atoms with Crippen molar-refractivity contribution < 1.29 is 14.7 Å². The maximum atomic E-state index is 10.7. The first-order valence-corrected chi connectivity index (χ1v) is 6.59. The molecule has 92 valence electrons. The highest BCUT2D eigenvalue weighted by Gasteiger charge is 1.93. The highest BCUT2D eigenvalue weighted by atomic mass is 79.9. The molecule has 0 aromatic rings. The molecule has 0 fully saturated rings. The summed E-state index contributed by atoms with van der Waals surface area (Å²) in [4.78, 5) is 21.9. The lowest BCUT2D eigenvalue weighted by atomic mass is 10.5. The Kier molecular flexibility index (Phi) is 13.8. The SMILES string of the molecule is CN(C)C(=O)/C=C/CBr.O=C(O)/C=C/CBr. The lowest BCUT2D eigenvalue weighted by molar-refractivity contribution is -0.131. The summed E-state index contributed by atoms with van der Waals surface area (Å²) in [6.45, 7) is 0. The monoisotopic (exact) mass is 355 g/mol. The van der Waals surface area contributed by atoms with E-state index in [4.69, 9.17) is 5.11 Å². The molecule has 0 aromatic carbocycles. The van der Waals surface area contributed by atoms with Gasteiger partial charge in [0.2, 0.25) is 5.91 Å². The van der Waals surface area contributed by atoms with Crippen molar-refractivity contribution >= 4 is 43.7 Å². The van der Waals surface area contributed by atoms with E-state index in [0.717, 1.165) is 11.4 Å². The minimum atomic E-state index is -0.903. The molecule has 1 amide bonds. The standard InChI is InChI=1S/C6H10BrNO.C4H5BrO2/c1-8(2)6(9)4-3-5-7;5-3-1-2-4(6)7/h3-4H,5H2,1-2H3;1-2H,3H2,(H,6,7)/b4-3+;2-1+. The van der Waals surface area contributed by atoms with Gasteiger partial charge in [0.15, 0.2) is 0 Å². The van der Waals surface area contributed by atoms with Gasteiger partial charge in [-0.3, -0.25) is 4.79 Å². The summed E-state index contributed by atoms with van der Waals surface area (Å²) in [6.07, 6.45) is 5.91. The maximum Gasteiger partial charge on any atom is 0.328 e. The van der Waals surface area contributed by atoms with Gasteiger partial charge in [-0.1, -0.05) is 44.0 Å². The molecule has 0 aliphatic heterocycles. The summed E-state index contributed by atoms with van der Waals surface area (Å²) in [6, 6.07) is 0. The van der Waals surface area contributed by atoms with Crippen LogP contribution in [0.5, 0.6) is 0 Å². The van der Waals surface area contributed by atoms with Crippen molar-refractivity contribution in [1.82, 2.24) is 4.90 Å². The molecule has 0 bridgehead atoms. The van der Waals surface area contributed by atoms with E-state index in [1.54, 1.807) is 20.2 Å². The van der Waals surface area contributed by atoms with E-state index in [0.29, 0.717) is 5.33 Å². The Morgan fingerprint density at radius 1 is 1.12 bits per heavy atom. The minimum Gasteiger partial charge on any atom is -0.478 e. The summed E-state index contributed by atoms with van der Waals surface area (Å²) < 4.78 is 0. The molecule has 1 N–H and O–H groups in total. The molecule has 0 radical (unpaired) electrons. The Hall–Kier alpha value is -0.620. The zero-order chi connectivity index (χ0) is 13.0. The zero-order valence-electron chi connectivity index (χ0n) is 9.19. The first kappa shape index (κ1) is 17.8. The van der Waals surface area contributed by atoms with Crippen molar-refractivity contribution in [3.8, 4) is 0 Å². The van der Waals surface area contributed by atoms with Crippen LogP contribution in [0.15, 0.2) is 24.3 Å². The Bertz CT molecular complexity index is 263. The molecular weight excluding hydrogens is 342 g/mol. The molecule has 16 heavy (non-hydrogen) atoms. The van der Waals surface area contributed by atoms with E-state index in [-0.39, 0.29) is 5.91 Å². The number of carbonyl (C=O) groups is 2. The van der Waals surface area contributed by atoms with E-state index in [1.165, 1.54) is 17.1 Å². The molecule has 6 heteroatoms. The van der Waals surface area contributed by atoms with Gasteiger partial charge in [0.25, 0.3) is 0 Å². The van der Waals surface area contributed by atoms with Gasteiger partial charge in [-0.15, -0.1) is 0 Å². The van der Waals surface area contributed by atoms with Crippen LogP contribution in [-0.4, -0.2) is 46.6 Å². The minimum absolute atomic E-state index is 0.0226. The number of hydrogen-bond donors (Lipinski definition) is 1. The lowest BCUT2D eigenvalue weighted by Crippen LogP contribution is -2.18. The number of rotatable bonds is 4. The van der Waals surface area contributed by atoms with Gasteiger partial charge < -0.3 is 10.0 Å². The Labute approximate surface area is 112 Å². The number of likely N-dealkylation sites (N-methyl/N-ethyl adjacent to an activating group) is 1. The zero-order valence-corrected chi connectivity index (χ0v) is 12.4. The lowest BCUT2D eigenvalue weighted by Gasteiger charge is -2.04. The molecule has 0 unspecified atom stereocenters. The highest BCUT2D eigenvalue weighted by molar-refractivity contribution is 9.09. The first-order valence-electron chi connectivity index (χ1n) is 4.34. The van der Waals surface area contributed by atoms with Gasteiger partial charge in [-0.2, -0.15) is 0 Å². The molecule has 0 atom stereocenters. The van der Waals surface area contributed by atoms with Crippen LogP contribution in [0, 0.1) is 0 Å². The normalized spacial score (nSPS) is 10.0. The second-order valence-corrected chi connectivity index (χ2v) is 3.98. The Morgan fingerprint density at radius 2 is 1.56 bits per heavy atom. The number of carboxylic acids is 1. The largest absolute Gasteiger partial charge is 0.478 e. The summed E-state index contributed by atoms with van der Waals surface area (Å²) in [5.41, 5.74) is 0. The molecular formula is C10H15Br2NO3. The van der Waals surface area contributed by atoms with Crippen molar-refractivity contribution in [3.05, 3.63) is 24.3 Å². The van der Waals surface area contributed by atoms with Crippen molar-refractivity contribution in [3.63, 3.8) is 0 Å². The summed E-state index contributed by atoms with van der Waals surface area (Å²) >= 11 is 6.20. The van der Waals surface area contributed by atoms with Crippen LogP contribution in [0.1, 0.15) is 0 Å². The van der Waals surface area contributed by atoms with Crippen molar-refractivity contribution in [2.24, 2.45) is 0 Å². The van der Waals surface area contributed by atoms with Gasteiger partial charge >= 0.3 is 5.97 Å². The van der Waals surface area contributed by atoms with Crippen LogP contribution in [0.4, 0.5) is 0 Å². The van der Waals surface area contributed by atoms with Gasteiger partial charge in [0.1, 0.15) is 0 Å². The number of carboxylic acid groups (broad SMARTS) is 1. The van der Waals surface area contributed by atoms with E-state index < -0.39 is 5.97 Å². The Balaban J connectivity index is 0. The predicted molar refractivity (Wildman–Crippen MR) is 72.2 cm³/mol. The highest BCUT2D eigenvalue weighted by Crippen LogP contribution is 1.84. The number of hydrogen-bond acceptors (Lipinski definition) is 2. The average molecular weight is 357 g/mol. The molecule has 0 spiro atoms. The number of alkyl halides is 2. The summed E-state index contributed by atoms with van der Waals surface area (Å²) in [5, 5.41) is 9.26. The van der Waals surface area contributed by atoms with E-state index in [9.17, 15) is 9.59 Å². The smallest absolute Gasteiger partial charge is 0.328 e. The second-order valence-electron chi connectivity index (χ2n) is 2.68. The number of amides is 1. The summed E-state index contributed by atoms with van der Waals surface area (Å²) in [5.74, 6) is -0.881. The number of allylic oxidation sites excluding steroid dienone is 2. The van der Waals surface area contributed by atoms with Crippen molar-refractivity contribution in [1.29, 1.82) is 0 Å². The molecule has 4 nitrogen and oxygen atoms in total. The molecule has 0 saturated carbocycles. The number of carbonyl (C=O) groups excluding carboxylic acids is 1. The van der Waals surface area contributed by atoms with Crippen LogP contribution in [-0.2, 0) is 9.59 Å². The quantitative estimate of drug-likeness (QED) is 0.619. The van der Waals surface area contributed by atoms with Crippen LogP contribution >= 0.6 is 31.9 Å². The molecule has 0 aromatic heterocycles. The van der Waals surface area contributed by atoms with Crippen LogP contribution in [0.2, 0.25) is 0 Å². The number of halogens is 2. The third-order valence-corrected chi connectivity index (χ3v) is 1.89. The van der Waals surface area contributed by atoms with Crippen LogP contribution in [0.3, 0.4) is 0 Å². The first-order chi connectivity index (χ1) is 7.45. The number of aliphatic carboxylic acids is 1. The van der Waals surface area contributed by atoms with E-state index in [2.05, 4.69) is 31.9 Å². The average Bonchev–Trinajstić information content (AvgIpc) is 2.23. The van der Waals surface area contributed by atoms with Gasteiger partial charge in [-0.25, -0.2) is 4.79 Å². The fourth-order valence-electron chi connectivity index (χ4n) is 0.440. The fraction of sp³-hybridized carbons (Fsp3) is 0.400. The van der Waals surface area contributed by atoms with Gasteiger partial charge in [-0.05, 0) is 6.08 Å². The predicted octanol–water partition coefficient (Wildman–Crippen LogP) is 2.05. The van der Waals surface area contributed by atoms with E-state index in [1.807, 2.05) is 0 Å². The maximum absolute atomic E-state index is 10.7. The fourth-order valence-corrected chi connectivity index (χ4v) is 0.814. The van der Waals surface area contributed by atoms with Gasteiger partial charge in [0.05, 0.1) is 0 Å². The second kappa shape index (κ2) is 12.4. The molecule has 0 saturated heterocycles. The Morgan fingerprint density at radius 3 is 1.81 bits per heavy atom. The van der Waals surface area contributed by atoms with E-state index >= 15 is 0 Å². The summed E-state index contributed by atoms with van der Waals surface area (Å²) in [7, 11) is 3.45. The molecule has 0 rings (SSSR count). The van der Waals surface area contributed by atoms with Crippen molar-refractivity contribution in [2.75, 3.05) is 24.8 Å². The molecule has 0 aliphatic rings.